The van der Waals surface area contributed by atoms with E-state index in [2.05, 4.69) is 20.8 Å². The molecule has 2 aromatic rings. The summed E-state index contributed by atoms with van der Waals surface area (Å²) in [7, 11) is 0. The molecule has 0 radical (unpaired) electrons. The summed E-state index contributed by atoms with van der Waals surface area (Å²) in [5.41, 5.74) is 5.28. The van der Waals surface area contributed by atoms with E-state index < -0.39 is 52.3 Å². The fraction of sp³-hybridized carbons (Fsp3) is 0.217. The number of aliphatic carboxylic acids is 1. The van der Waals surface area contributed by atoms with E-state index >= 15 is 0 Å². The summed E-state index contributed by atoms with van der Waals surface area (Å²) in [4.78, 5) is 55.8. The number of rotatable bonds is 6. The SMILES string of the molecule is Nc1nc(C(=NO)C(=O)N[C@@H]2C(=O)N3C(C(=O)O)=C(C(=C4CCNC4=O)c4ccccc4F)CS[C@H]23)cs1. The molecule has 5 rings (SSSR count). The van der Waals surface area contributed by atoms with Crippen LogP contribution in [-0.4, -0.2) is 73.3 Å². The standard InChI is InChI=1S/C23H19FN6O6S2/c24-12-4-2-1-3-9(12)14(10-5-6-26-18(10)31)11-7-37-21-16(20(33)30(21)17(11)22(34)35)28-19(32)15(29-36)13-8-38-23(25)27-13/h1-4,8,16,21,36H,5-7H2,(H2,25,27)(H,26,31)(H,28,32)(H,34,35)/t16-,21-/m1/s1. The van der Waals surface area contributed by atoms with E-state index in [-0.39, 0.29) is 45.3 Å². The van der Waals surface area contributed by atoms with Crippen LogP contribution in [0.15, 0.2) is 51.6 Å². The van der Waals surface area contributed by atoms with Crippen LogP contribution < -0.4 is 16.4 Å². The summed E-state index contributed by atoms with van der Waals surface area (Å²) in [6.45, 7) is 0.313. The Morgan fingerprint density at radius 3 is 2.66 bits per heavy atom. The Balaban J connectivity index is 1.50. The number of nitrogens with two attached hydrogens (primary N) is 1. The number of anilines is 1. The normalized spacial score (nSPS) is 22.6. The molecule has 0 saturated carbocycles. The van der Waals surface area contributed by atoms with Crippen molar-refractivity contribution in [2.24, 2.45) is 5.16 Å². The second kappa shape index (κ2) is 9.90. The minimum absolute atomic E-state index is 0.0110. The Morgan fingerprint density at radius 1 is 1.29 bits per heavy atom. The monoisotopic (exact) mass is 558 g/mol. The van der Waals surface area contributed by atoms with E-state index in [4.69, 9.17) is 5.73 Å². The van der Waals surface area contributed by atoms with Crippen LogP contribution in [0.1, 0.15) is 17.7 Å². The molecule has 3 aliphatic rings. The van der Waals surface area contributed by atoms with Crippen molar-refractivity contribution >= 4 is 63.2 Å². The number of carbonyl (C=O) groups excluding carboxylic acids is 3. The molecule has 38 heavy (non-hydrogen) atoms. The first kappa shape index (κ1) is 25.4. The Morgan fingerprint density at radius 2 is 2.05 bits per heavy atom. The van der Waals surface area contributed by atoms with Gasteiger partial charge in [0.05, 0.1) is 0 Å². The van der Waals surface area contributed by atoms with Crippen molar-refractivity contribution in [3.63, 3.8) is 0 Å². The molecule has 3 aliphatic heterocycles. The van der Waals surface area contributed by atoms with Gasteiger partial charge in [-0.25, -0.2) is 14.2 Å². The maximum Gasteiger partial charge on any atom is 0.352 e. The van der Waals surface area contributed by atoms with Gasteiger partial charge in [0.25, 0.3) is 11.8 Å². The quantitative estimate of drug-likeness (QED) is 0.112. The molecule has 0 spiro atoms. The molecule has 12 nitrogen and oxygen atoms in total. The fourth-order valence-electron chi connectivity index (χ4n) is 4.56. The summed E-state index contributed by atoms with van der Waals surface area (Å²) in [6.07, 6.45) is 0.254. The lowest BCUT2D eigenvalue weighted by Gasteiger charge is -2.49. The molecule has 4 heterocycles. The Hall–Kier alpha value is -4.24. The number of nitrogen functional groups attached to an aromatic ring is 1. The van der Waals surface area contributed by atoms with Gasteiger partial charge in [-0.05, 0) is 18.1 Å². The zero-order chi connectivity index (χ0) is 27.1. The maximum absolute atomic E-state index is 14.9. The van der Waals surface area contributed by atoms with Crippen LogP contribution in [0.4, 0.5) is 9.52 Å². The maximum atomic E-state index is 14.9. The number of carboxylic acids is 1. The Kier molecular flexibility index (Phi) is 6.62. The van der Waals surface area contributed by atoms with E-state index in [0.717, 1.165) is 28.0 Å². The van der Waals surface area contributed by atoms with Crippen LogP contribution >= 0.6 is 23.1 Å². The van der Waals surface area contributed by atoms with Crippen molar-refractivity contribution in [2.45, 2.75) is 17.8 Å². The zero-order valence-corrected chi connectivity index (χ0v) is 20.9. The molecule has 6 N–H and O–H groups in total. The van der Waals surface area contributed by atoms with E-state index in [1.54, 1.807) is 6.07 Å². The van der Waals surface area contributed by atoms with Gasteiger partial charge in [-0.2, -0.15) is 0 Å². The average Bonchev–Trinajstić information content (AvgIpc) is 3.51. The third kappa shape index (κ3) is 4.18. The number of hydrogen-bond acceptors (Lipinski definition) is 10. The largest absolute Gasteiger partial charge is 0.477 e. The van der Waals surface area contributed by atoms with Crippen molar-refractivity contribution < 1.29 is 33.9 Å². The second-order valence-electron chi connectivity index (χ2n) is 8.35. The van der Waals surface area contributed by atoms with E-state index in [9.17, 15) is 33.9 Å². The number of hydrogen-bond donors (Lipinski definition) is 5. The molecular formula is C23H19FN6O6S2. The van der Waals surface area contributed by atoms with Gasteiger partial charge < -0.3 is 26.7 Å². The molecule has 0 unspecified atom stereocenters. The predicted molar refractivity (Wildman–Crippen MR) is 135 cm³/mol. The van der Waals surface area contributed by atoms with Crippen molar-refractivity contribution in [1.82, 2.24) is 20.5 Å². The third-order valence-corrected chi connectivity index (χ3v) is 8.17. The number of nitrogens with one attached hydrogen (secondary N) is 2. The number of aromatic nitrogens is 1. The first-order valence-electron chi connectivity index (χ1n) is 11.1. The summed E-state index contributed by atoms with van der Waals surface area (Å²) in [5, 5.41) is 28.3. The number of carboxylic acid groups (broad SMARTS) is 1. The van der Waals surface area contributed by atoms with Crippen LogP contribution in [-0.2, 0) is 19.2 Å². The number of thioether (sulfide) groups is 1. The van der Waals surface area contributed by atoms with E-state index in [0.29, 0.717) is 6.54 Å². The number of oxime groups is 1. The highest BCUT2D eigenvalue weighted by molar-refractivity contribution is 8.00. The van der Waals surface area contributed by atoms with Crippen LogP contribution in [0.2, 0.25) is 0 Å². The molecule has 196 valence electrons. The lowest BCUT2D eigenvalue weighted by molar-refractivity contribution is -0.150. The fourth-order valence-corrected chi connectivity index (χ4v) is 6.46. The first-order chi connectivity index (χ1) is 18.2. The number of benzene rings is 1. The van der Waals surface area contributed by atoms with Crippen LogP contribution in [0.5, 0.6) is 0 Å². The number of fused-ring (bicyclic) bond motifs is 1. The highest BCUT2D eigenvalue weighted by Gasteiger charge is 2.55. The number of thiazole rings is 1. The van der Waals surface area contributed by atoms with Crippen LogP contribution in [0.25, 0.3) is 5.57 Å². The van der Waals surface area contributed by atoms with Gasteiger partial charge in [0.2, 0.25) is 5.91 Å². The molecule has 3 amide bonds. The van der Waals surface area contributed by atoms with Crippen molar-refractivity contribution in [3.05, 3.63) is 63.6 Å². The highest BCUT2D eigenvalue weighted by atomic mass is 32.2. The number of halogens is 1. The second-order valence-corrected chi connectivity index (χ2v) is 10.3. The topological polar surface area (TPSA) is 187 Å². The molecule has 0 bridgehead atoms. The van der Waals surface area contributed by atoms with E-state index in [1.807, 2.05) is 0 Å². The van der Waals surface area contributed by atoms with Crippen LogP contribution in [0.3, 0.4) is 0 Å². The molecule has 15 heteroatoms. The number of allylic oxidation sites excluding steroid dienone is 1. The highest BCUT2D eigenvalue weighted by Crippen LogP contribution is 2.45. The summed E-state index contributed by atoms with van der Waals surface area (Å²) >= 11 is 2.17. The van der Waals surface area contributed by atoms with Gasteiger partial charge in [-0.3, -0.25) is 19.3 Å². The third-order valence-electron chi connectivity index (χ3n) is 6.22. The molecule has 0 aliphatic carbocycles. The molecule has 1 aromatic carbocycles. The average molecular weight is 559 g/mol. The number of carbonyl (C=O) groups is 4. The Bertz CT molecular complexity index is 1480. The van der Waals surface area contributed by atoms with Crippen molar-refractivity contribution in [3.8, 4) is 0 Å². The van der Waals surface area contributed by atoms with Gasteiger partial charge in [0.1, 0.15) is 28.6 Å². The summed E-state index contributed by atoms with van der Waals surface area (Å²) in [6, 6.07) is 4.58. The summed E-state index contributed by atoms with van der Waals surface area (Å²) in [5.74, 6) is -4.13. The van der Waals surface area contributed by atoms with Gasteiger partial charge in [-0.1, -0.05) is 23.4 Å². The van der Waals surface area contributed by atoms with Crippen LogP contribution in [0, 0.1) is 5.82 Å². The lowest BCUT2D eigenvalue weighted by Crippen LogP contribution is -2.71. The predicted octanol–water partition coefficient (Wildman–Crippen LogP) is 0.755. The van der Waals surface area contributed by atoms with Crippen molar-refractivity contribution in [2.75, 3.05) is 18.0 Å². The van der Waals surface area contributed by atoms with Gasteiger partial charge in [0.15, 0.2) is 10.8 Å². The Labute approximate surface area is 222 Å². The molecule has 2 saturated heterocycles. The van der Waals surface area contributed by atoms with E-state index in [1.165, 1.54) is 23.6 Å². The van der Waals surface area contributed by atoms with Gasteiger partial charge in [-0.15, -0.1) is 23.1 Å². The minimum Gasteiger partial charge on any atom is -0.477 e. The molecule has 2 fully saturated rings. The van der Waals surface area contributed by atoms with Crippen molar-refractivity contribution in [1.29, 1.82) is 0 Å². The smallest absolute Gasteiger partial charge is 0.352 e. The van der Waals surface area contributed by atoms with Gasteiger partial charge >= 0.3 is 5.97 Å². The number of nitrogens with zero attached hydrogens (tertiary/aromatic N) is 3. The number of amides is 3. The molecule has 1 aromatic heterocycles. The minimum atomic E-state index is -1.44. The summed E-state index contributed by atoms with van der Waals surface area (Å²) < 4.78 is 14.9. The zero-order valence-electron chi connectivity index (χ0n) is 19.3. The molecule has 2 atom stereocenters. The molecular weight excluding hydrogens is 539 g/mol. The van der Waals surface area contributed by atoms with Gasteiger partial charge in [0, 0.05) is 34.4 Å². The number of β-lactam (4-membered cyclic amide) rings is 1. The first-order valence-corrected chi connectivity index (χ1v) is 13.1. The lowest BCUT2D eigenvalue weighted by atomic mass is 9.89.